The molecule has 0 saturated carbocycles. The summed E-state index contributed by atoms with van der Waals surface area (Å²) in [6.45, 7) is 5.65. The number of amides is 1. The third kappa shape index (κ3) is 1.87. The van der Waals surface area contributed by atoms with E-state index in [1.165, 1.54) is 0 Å². The molecule has 0 aliphatic carbocycles. The molecule has 1 aromatic rings. The highest BCUT2D eigenvalue weighted by Gasteiger charge is 2.13. The van der Waals surface area contributed by atoms with Crippen LogP contribution in [0.25, 0.3) is 0 Å². The van der Waals surface area contributed by atoms with Gasteiger partial charge in [0.25, 0.3) is 0 Å². The van der Waals surface area contributed by atoms with Crippen LogP contribution in [0, 0.1) is 6.92 Å². The number of hydrogen-bond acceptors (Lipinski definition) is 2. The lowest BCUT2D eigenvalue weighted by Gasteiger charge is -2.12. The van der Waals surface area contributed by atoms with Crippen LogP contribution in [-0.4, -0.2) is 11.0 Å². The summed E-state index contributed by atoms with van der Waals surface area (Å²) >= 11 is 0. The zero-order valence-corrected chi connectivity index (χ0v) is 8.66. The number of hydrogen-bond donors (Lipinski definition) is 2. The molecule has 0 bridgehead atoms. The molecule has 0 atom stereocenters. The molecule has 3 N–H and O–H groups in total. The van der Waals surface area contributed by atoms with Gasteiger partial charge < -0.3 is 10.8 Å². The predicted molar refractivity (Wildman–Crippen MR) is 55.5 cm³/mol. The molecular weight excluding hydrogens is 178 g/mol. The summed E-state index contributed by atoms with van der Waals surface area (Å²) in [7, 11) is 0. The number of carbonyl (C=O) groups excluding carboxylic acids is 1. The molecule has 0 spiro atoms. The van der Waals surface area contributed by atoms with Crippen LogP contribution in [-0.2, 0) is 0 Å². The minimum Gasteiger partial charge on any atom is -0.508 e. The van der Waals surface area contributed by atoms with Crippen molar-refractivity contribution >= 4 is 5.91 Å². The Labute approximate surface area is 83.6 Å². The third-order valence-electron chi connectivity index (χ3n) is 2.26. The van der Waals surface area contributed by atoms with E-state index >= 15 is 0 Å². The van der Waals surface area contributed by atoms with Crippen molar-refractivity contribution in [3.63, 3.8) is 0 Å². The summed E-state index contributed by atoms with van der Waals surface area (Å²) in [6, 6.07) is 3.24. The Hall–Kier alpha value is -1.51. The molecule has 0 fully saturated rings. The van der Waals surface area contributed by atoms with Crippen LogP contribution < -0.4 is 5.73 Å². The van der Waals surface area contributed by atoms with Crippen molar-refractivity contribution in [1.29, 1.82) is 0 Å². The van der Waals surface area contributed by atoms with Crippen molar-refractivity contribution in [1.82, 2.24) is 0 Å². The smallest absolute Gasteiger partial charge is 0.249 e. The summed E-state index contributed by atoms with van der Waals surface area (Å²) in [5.41, 5.74) is 7.21. The van der Waals surface area contributed by atoms with Crippen LogP contribution in [0.1, 0.15) is 41.3 Å². The first-order valence-corrected chi connectivity index (χ1v) is 4.56. The molecule has 0 aliphatic rings. The van der Waals surface area contributed by atoms with E-state index in [0.29, 0.717) is 11.1 Å². The van der Waals surface area contributed by atoms with Crippen LogP contribution in [0.2, 0.25) is 0 Å². The van der Waals surface area contributed by atoms with E-state index in [4.69, 9.17) is 5.73 Å². The molecule has 14 heavy (non-hydrogen) atoms. The number of benzene rings is 1. The van der Waals surface area contributed by atoms with E-state index in [9.17, 15) is 9.90 Å². The topological polar surface area (TPSA) is 63.3 Å². The maximum atomic E-state index is 11.1. The molecular formula is C11H15NO2. The van der Waals surface area contributed by atoms with Crippen LogP contribution >= 0.6 is 0 Å². The van der Waals surface area contributed by atoms with Gasteiger partial charge in [0.1, 0.15) is 5.75 Å². The minimum atomic E-state index is -0.447. The number of primary amides is 1. The Kier molecular flexibility index (Phi) is 2.79. The standard InChI is InChI=1S/C11H15NO2/c1-6(2)8-5-10(13)7(3)4-9(8)11(12)14/h4-6,13H,1-3H3,(H2,12,14). The average molecular weight is 193 g/mol. The van der Waals surface area contributed by atoms with Gasteiger partial charge in [0.05, 0.1) is 0 Å². The van der Waals surface area contributed by atoms with Crippen molar-refractivity contribution in [2.75, 3.05) is 0 Å². The van der Waals surface area contributed by atoms with Gasteiger partial charge in [-0.3, -0.25) is 4.79 Å². The van der Waals surface area contributed by atoms with Gasteiger partial charge in [-0.1, -0.05) is 13.8 Å². The Morgan fingerprint density at radius 2 is 2.00 bits per heavy atom. The molecule has 3 nitrogen and oxygen atoms in total. The predicted octanol–water partition coefficient (Wildman–Crippen LogP) is 1.92. The highest BCUT2D eigenvalue weighted by Crippen LogP contribution is 2.26. The number of aromatic hydroxyl groups is 1. The maximum absolute atomic E-state index is 11.1. The normalized spacial score (nSPS) is 10.6. The van der Waals surface area contributed by atoms with Gasteiger partial charge in [0, 0.05) is 5.56 Å². The second-order valence-corrected chi connectivity index (χ2v) is 3.74. The fourth-order valence-electron chi connectivity index (χ4n) is 1.40. The van der Waals surface area contributed by atoms with Crippen molar-refractivity contribution < 1.29 is 9.90 Å². The number of carbonyl (C=O) groups is 1. The summed E-state index contributed by atoms with van der Waals surface area (Å²) in [4.78, 5) is 11.1. The van der Waals surface area contributed by atoms with Gasteiger partial charge in [0.15, 0.2) is 0 Å². The fourth-order valence-corrected chi connectivity index (χ4v) is 1.40. The zero-order valence-electron chi connectivity index (χ0n) is 8.66. The first kappa shape index (κ1) is 10.6. The average Bonchev–Trinajstić information content (AvgIpc) is 2.08. The van der Waals surface area contributed by atoms with E-state index in [0.717, 1.165) is 5.56 Å². The molecule has 0 saturated heterocycles. The summed E-state index contributed by atoms with van der Waals surface area (Å²) in [6.07, 6.45) is 0. The van der Waals surface area contributed by atoms with Crippen molar-refractivity contribution in [3.05, 3.63) is 28.8 Å². The van der Waals surface area contributed by atoms with Crippen LogP contribution in [0.3, 0.4) is 0 Å². The van der Waals surface area contributed by atoms with E-state index in [1.54, 1.807) is 19.1 Å². The lowest BCUT2D eigenvalue weighted by atomic mass is 9.94. The van der Waals surface area contributed by atoms with E-state index in [1.807, 2.05) is 13.8 Å². The van der Waals surface area contributed by atoms with Crippen molar-refractivity contribution in [2.45, 2.75) is 26.7 Å². The number of aryl methyl sites for hydroxylation is 1. The van der Waals surface area contributed by atoms with Crippen LogP contribution in [0.4, 0.5) is 0 Å². The Balaban J connectivity index is 3.39. The lowest BCUT2D eigenvalue weighted by molar-refractivity contribution is 0.0999. The fraction of sp³-hybridized carbons (Fsp3) is 0.364. The molecule has 1 amide bonds. The van der Waals surface area contributed by atoms with Crippen LogP contribution in [0.15, 0.2) is 12.1 Å². The Bertz CT molecular complexity index is 370. The molecule has 1 aromatic carbocycles. The monoisotopic (exact) mass is 193 g/mol. The molecule has 0 aromatic heterocycles. The first-order chi connectivity index (χ1) is 6.43. The molecule has 0 unspecified atom stereocenters. The van der Waals surface area contributed by atoms with Gasteiger partial charge in [0.2, 0.25) is 5.91 Å². The van der Waals surface area contributed by atoms with Crippen molar-refractivity contribution in [3.8, 4) is 5.75 Å². The number of phenolic OH excluding ortho intramolecular Hbond substituents is 1. The summed E-state index contributed by atoms with van der Waals surface area (Å²) in [5, 5.41) is 9.50. The largest absolute Gasteiger partial charge is 0.508 e. The quantitative estimate of drug-likeness (QED) is 0.753. The number of rotatable bonds is 2. The summed E-state index contributed by atoms with van der Waals surface area (Å²) < 4.78 is 0. The highest BCUT2D eigenvalue weighted by molar-refractivity contribution is 5.95. The lowest BCUT2D eigenvalue weighted by Crippen LogP contribution is -2.14. The SMILES string of the molecule is Cc1cc(C(N)=O)c(C(C)C)cc1O. The van der Waals surface area contributed by atoms with Crippen molar-refractivity contribution in [2.24, 2.45) is 5.73 Å². The number of phenols is 1. The molecule has 0 aliphatic heterocycles. The van der Waals surface area contributed by atoms with Gasteiger partial charge in [-0.15, -0.1) is 0 Å². The molecule has 0 heterocycles. The zero-order chi connectivity index (χ0) is 10.9. The second-order valence-electron chi connectivity index (χ2n) is 3.74. The molecule has 1 rings (SSSR count). The van der Waals surface area contributed by atoms with Gasteiger partial charge in [-0.05, 0) is 36.1 Å². The first-order valence-electron chi connectivity index (χ1n) is 4.56. The minimum absolute atomic E-state index is 0.170. The summed E-state index contributed by atoms with van der Waals surface area (Å²) in [5.74, 6) is -0.0699. The maximum Gasteiger partial charge on any atom is 0.249 e. The van der Waals surface area contributed by atoms with E-state index in [2.05, 4.69) is 0 Å². The van der Waals surface area contributed by atoms with Gasteiger partial charge >= 0.3 is 0 Å². The number of nitrogens with two attached hydrogens (primary N) is 1. The second kappa shape index (κ2) is 3.70. The van der Waals surface area contributed by atoms with E-state index < -0.39 is 5.91 Å². The third-order valence-corrected chi connectivity index (χ3v) is 2.26. The van der Waals surface area contributed by atoms with E-state index in [-0.39, 0.29) is 11.7 Å². The molecule has 76 valence electrons. The van der Waals surface area contributed by atoms with Crippen LogP contribution in [0.5, 0.6) is 5.75 Å². The van der Waals surface area contributed by atoms with Gasteiger partial charge in [-0.25, -0.2) is 0 Å². The van der Waals surface area contributed by atoms with Gasteiger partial charge in [-0.2, -0.15) is 0 Å². The molecule has 3 heteroatoms. The molecule has 0 radical (unpaired) electrons. The Morgan fingerprint density at radius 1 is 1.43 bits per heavy atom. The highest BCUT2D eigenvalue weighted by atomic mass is 16.3. The Morgan fingerprint density at radius 3 is 2.43 bits per heavy atom.